The van der Waals surface area contributed by atoms with E-state index in [0.29, 0.717) is 5.75 Å². The second kappa shape index (κ2) is 4.18. The lowest BCUT2D eigenvalue weighted by Crippen LogP contribution is -2.39. The molecule has 0 saturated carbocycles. The quantitative estimate of drug-likeness (QED) is 0.752. The minimum atomic E-state index is -3.44. The predicted octanol–water partition coefficient (Wildman–Crippen LogP) is 1.03. The molecule has 1 rings (SSSR count). The van der Waals surface area contributed by atoms with Crippen molar-refractivity contribution in [2.75, 3.05) is 7.11 Å². The van der Waals surface area contributed by atoms with Crippen molar-refractivity contribution < 1.29 is 28.9 Å². The Bertz CT molecular complexity index is 398. The molecule has 0 aliphatic heterocycles. The van der Waals surface area contributed by atoms with Crippen LogP contribution in [0.2, 0.25) is 0 Å². The first-order chi connectivity index (χ1) is 7.42. The lowest BCUT2D eigenvalue weighted by Gasteiger charge is -2.16. The molecule has 6 heteroatoms. The van der Waals surface area contributed by atoms with Gasteiger partial charge in [-0.05, 0) is 12.1 Å². The van der Waals surface area contributed by atoms with Gasteiger partial charge in [-0.2, -0.15) is 0 Å². The molecule has 0 spiro atoms. The van der Waals surface area contributed by atoms with Gasteiger partial charge in [-0.1, -0.05) is 12.1 Å². The van der Waals surface area contributed by atoms with Crippen LogP contribution in [-0.4, -0.2) is 29.3 Å². The number of carboxylic acid groups (broad SMARTS) is 2. The van der Waals surface area contributed by atoms with E-state index in [-0.39, 0.29) is 0 Å². The highest BCUT2D eigenvalue weighted by Gasteiger charge is 2.49. The maximum Gasteiger partial charge on any atom is 0.358 e. The van der Waals surface area contributed by atoms with Gasteiger partial charge >= 0.3 is 17.6 Å². The van der Waals surface area contributed by atoms with Crippen molar-refractivity contribution in [3.05, 3.63) is 29.8 Å². The van der Waals surface area contributed by atoms with Crippen LogP contribution in [0.3, 0.4) is 0 Å². The van der Waals surface area contributed by atoms with Crippen molar-refractivity contribution in [1.29, 1.82) is 0 Å². The number of carbonyl (C=O) groups is 2. The normalized spacial score (nSPS) is 10.9. The SMILES string of the molecule is COc1ccc(C(F)(C(=O)O)C(=O)O)cc1. The zero-order valence-corrected chi connectivity index (χ0v) is 8.31. The summed E-state index contributed by atoms with van der Waals surface area (Å²) in [6.07, 6.45) is 0. The van der Waals surface area contributed by atoms with Crippen molar-refractivity contribution in [2.24, 2.45) is 0 Å². The number of rotatable bonds is 4. The van der Waals surface area contributed by atoms with Gasteiger partial charge in [-0.15, -0.1) is 0 Å². The molecule has 0 saturated heterocycles. The highest BCUT2D eigenvalue weighted by molar-refractivity contribution is 6.02. The van der Waals surface area contributed by atoms with Gasteiger partial charge in [-0.25, -0.2) is 14.0 Å². The molecule has 0 aliphatic carbocycles. The minimum absolute atomic E-state index is 0.377. The largest absolute Gasteiger partial charge is 0.497 e. The molecule has 0 fully saturated rings. The number of benzene rings is 1. The highest BCUT2D eigenvalue weighted by Crippen LogP contribution is 2.28. The standard InChI is InChI=1S/C10H9FO5/c1-16-7-4-2-6(3-5-7)10(11,8(12)13)9(14)15/h2-5H,1H3,(H,12,13)(H,14,15). The van der Waals surface area contributed by atoms with Crippen molar-refractivity contribution in [3.8, 4) is 5.75 Å². The van der Waals surface area contributed by atoms with Gasteiger partial charge in [0, 0.05) is 5.56 Å². The number of carboxylic acids is 2. The molecular formula is C10H9FO5. The van der Waals surface area contributed by atoms with E-state index in [1.807, 2.05) is 0 Å². The van der Waals surface area contributed by atoms with Crippen molar-refractivity contribution in [1.82, 2.24) is 0 Å². The van der Waals surface area contributed by atoms with E-state index in [1.54, 1.807) is 0 Å². The Balaban J connectivity index is 3.22. The van der Waals surface area contributed by atoms with Crippen LogP contribution in [0.15, 0.2) is 24.3 Å². The second-order valence-electron chi connectivity index (χ2n) is 3.00. The molecule has 16 heavy (non-hydrogen) atoms. The molecule has 0 unspecified atom stereocenters. The molecular weight excluding hydrogens is 219 g/mol. The maximum absolute atomic E-state index is 13.8. The summed E-state index contributed by atoms with van der Waals surface area (Å²) in [5.41, 5.74) is -3.90. The molecule has 0 amide bonds. The number of halogens is 1. The number of ether oxygens (including phenoxy) is 1. The van der Waals surface area contributed by atoms with Crippen molar-refractivity contribution in [2.45, 2.75) is 5.67 Å². The van der Waals surface area contributed by atoms with Gasteiger partial charge in [0.1, 0.15) is 5.75 Å². The fourth-order valence-corrected chi connectivity index (χ4v) is 1.16. The van der Waals surface area contributed by atoms with Gasteiger partial charge in [0.15, 0.2) is 0 Å². The van der Waals surface area contributed by atoms with E-state index in [2.05, 4.69) is 0 Å². The fourth-order valence-electron chi connectivity index (χ4n) is 1.16. The van der Waals surface area contributed by atoms with E-state index in [1.165, 1.54) is 19.2 Å². The summed E-state index contributed by atoms with van der Waals surface area (Å²) in [7, 11) is 1.38. The highest BCUT2D eigenvalue weighted by atomic mass is 19.1. The Labute approximate surface area is 90.1 Å². The molecule has 0 aromatic heterocycles. The minimum Gasteiger partial charge on any atom is -0.497 e. The topological polar surface area (TPSA) is 83.8 Å². The Hall–Kier alpha value is -2.11. The van der Waals surface area contributed by atoms with E-state index < -0.39 is 23.2 Å². The van der Waals surface area contributed by atoms with Gasteiger partial charge in [0.05, 0.1) is 7.11 Å². The van der Waals surface area contributed by atoms with Gasteiger partial charge in [0.2, 0.25) is 0 Å². The monoisotopic (exact) mass is 228 g/mol. The third-order valence-corrected chi connectivity index (χ3v) is 2.08. The van der Waals surface area contributed by atoms with Crippen LogP contribution in [0.5, 0.6) is 5.75 Å². The molecule has 0 atom stereocenters. The Morgan fingerprint density at radius 3 is 1.94 bits per heavy atom. The summed E-state index contributed by atoms with van der Waals surface area (Å²) in [6, 6.07) is 4.69. The molecule has 2 N–H and O–H groups in total. The Kier molecular flexibility index (Phi) is 3.12. The van der Waals surface area contributed by atoms with Crippen LogP contribution < -0.4 is 4.74 Å². The predicted molar refractivity (Wildman–Crippen MR) is 51.1 cm³/mol. The number of hydrogen-bond acceptors (Lipinski definition) is 3. The zero-order valence-electron chi connectivity index (χ0n) is 8.31. The van der Waals surface area contributed by atoms with Gasteiger partial charge in [-0.3, -0.25) is 0 Å². The number of alkyl halides is 1. The van der Waals surface area contributed by atoms with Crippen LogP contribution >= 0.6 is 0 Å². The second-order valence-corrected chi connectivity index (χ2v) is 3.00. The van der Waals surface area contributed by atoms with Crippen LogP contribution in [-0.2, 0) is 15.3 Å². The summed E-state index contributed by atoms with van der Waals surface area (Å²) >= 11 is 0. The third-order valence-electron chi connectivity index (χ3n) is 2.08. The molecule has 0 bridgehead atoms. The zero-order chi connectivity index (χ0) is 12.3. The summed E-state index contributed by atoms with van der Waals surface area (Å²) in [4.78, 5) is 21.3. The average molecular weight is 228 g/mol. The summed E-state index contributed by atoms with van der Waals surface area (Å²) < 4.78 is 18.6. The lowest BCUT2D eigenvalue weighted by molar-refractivity contribution is -0.167. The van der Waals surface area contributed by atoms with E-state index >= 15 is 0 Å². The molecule has 5 nitrogen and oxygen atoms in total. The summed E-state index contributed by atoms with van der Waals surface area (Å²) in [5, 5.41) is 17.2. The van der Waals surface area contributed by atoms with Crippen molar-refractivity contribution >= 4 is 11.9 Å². The Morgan fingerprint density at radius 1 is 1.19 bits per heavy atom. The number of methoxy groups -OCH3 is 1. The maximum atomic E-state index is 13.8. The first-order valence-corrected chi connectivity index (χ1v) is 4.23. The van der Waals surface area contributed by atoms with Crippen molar-refractivity contribution in [3.63, 3.8) is 0 Å². The molecule has 0 aliphatic rings. The Morgan fingerprint density at radius 2 is 1.62 bits per heavy atom. The van der Waals surface area contributed by atoms with Crippen LogP contribution in [0, 0.1) is 0 Å². The van der Waals surface area contributed by atoms with Gasteiger partial charge < -0.3 is 14.9 Å². The molecule has 1 aromatic carbocycles. The average Bonchev–Trinajstić information content (AvgIpc) is 2.27. The first-order valence-electron chi connectivity index (χ1n) is 4.23. The molecule has 0 heterocycles. The summed E-state index contributed by atoms with van der Waals surface area (Å²) in [6.45, 7) is 0. The van der Waals surface area contributed by atoms with E-state index in [0.717, 1.165) is 12.1 Å². The third kappa shape index (κ3) is 1.81. The smallest absolute Gasteiger partial charge is 0.358 e. The lowest BCUT2D eigenvalue weighted by atomic mass is 9.96. The molecule has 1 aromatic rings. The molecule has 0 radical (unpaired) electrons. The number of aliphatic carboxylic acids is 2. The summed E-state index contributed by atoms with van der Waals surface area (Å²) in [5.74, 6) is -3.75. The first kappa shape index (κ1) is 12.0. The van der Waals surface area contributed by atoms with Crippen LogP contribution in [0.25, 0.3) is 0 Å². The fraction of sp³-hybridized carbons (Fsp3) is 0.200. The number of hydrogen-bond donors (Lipinski definition) is 2. The van der Waals surface area contributed by atoms with E-state index in [4.69, 9.17) is 14.9 Å². The van der Waals surface area contributed by atoms with E-state index in [9.17, 15) is 14.0 Å². The van der Waals surface area contributed by atoms with Crippen LogP contribution in [0.1, 0.15) is 5.56 Å². The van der Waals surface area contributed by atoms with Crippen LogP contribution in [0.4, 0.5) is 4.39 Å². The molecule has 86 valence electrons. The van der Waals surface area contributed by atoms with Gasteiger partial charge in [0.25, 0.3) is 0 Å².